The lowest BCUT2D eigenvalue weighted by molar-refractivity contribution is 0.518. The third-order valence-electron chi connectivity index (χ3n) is 11.1. The zero-order chi connectivity index (χ0) is 36.0. The third kappa shape index (κ3) is 7.51. The summed E-state index contributed by atoms with van der Waals surface area (Å²) in [4.78, 5) is 4.21. The second-order valence-electron chi connectivity index (χ2n) is 14.8. The third-order valence-corrected chi connectivity index (χ3v) is 11.1. The van der Waals surface area contributed by atoms with E-state index in [2.05, 4.69) is 167 Å². The SMILES string of the molecule is C=C(CC(C)c1cccc(-c2cccc(-c3cccc(-c4ccc5c(CCC)c(C)c6ccccc6c5c4)c3)c2)c1)C(CCC)Cc1ccncc1. The van der Waals surface area contributed by atoms with Crippen molar-refractivity contribution in [3.63, 3.8) is 0 Å². The number of nitrogens with zero attached hydrogens (tertiary/aromatic N) is 1. The Morgan fingerprint density at radius 1 is 0.596 bits per heavy atom. The quantitative estimate of drug-likeness (QED) is 0.0874. The first-order chi connectivity index (χ1) is 25.4. The molecule has 52 heavy (non-hydrogen) atoms. The molecule has 0 bridgehead atoms. The molecule has 0 saturated carbocycles. The van der Waals surface area contributed by atoms with Crippen molar-refractivity contribution in [2.24, 2.45) is 5.92 Å². The molecule has 0 amide bonds. The monoisotopic (exact) mass is 677 g/mol. The van der Waals surface area contributed by atoms with Gasteiger partial charge in [0.05, 0.1) is 0 Å². The highest BCUT2D eigenvalue weighted by molar-refractivity contribution is 6.11. The predicted octanol–water partition coefficient (Wildman–Crippen LogP) is 14.4. The molecule has 7 aromatic rings. The number of hydrogen-bond acceptors (Lipinski definition) is 1. The van der Waals surface area contributed by atoms with Crippen molar-refractivity contribution >= 4 is 21.5 Å². The molecule has 0 spiro atoms. The van der Waals surface area contributed by atoms with Crippen LogP contribution in [0, 0.1) is 12.8 Å². The normalized spacial score (nSPS) is 12.6. The van der Waals surface area contributed by atoms with Crippen molar-refractivity contribution < 1.29 is 0 Å². The van der Waals surface area contributed by atoms with Gasteiger partial charge in [-0.2, -0.15) is 0 Å². The van der Waals surface area contributed by atoms with Gasteiger partial charge in [0.15, 0.2) is 0 Å². The van der Waals surface area contributed by atoms with E-state index in [0.29, 0.717) is 11.8 Å². The Morgan fingerprint density at radius 3 is 1.83 bits per heavy atom. The first kappa shape index (κ1) is 35.1. The Labute approximate surface area is 311 Å². The summed E-state index contributed by atoms with van der Waals surface area (Å²) < 4.78 is 0. The fraction of sp³-hybridized carbons (Fsp3) is 0.235. The molecule has 2 unspecified atom stereocenters. The highest BCUT2D eigenvalue weighted by Crippen LogP contribution is 2.38. The molecule has 1 aromatic heterocycles. The topological polar surface area (TPSA) is 12.9 Å². The summed E-state index contributed by atoms with van der Waals surface area (Å²) in [6.07, 6.45) is 10.4. The average molecular weight is 678 g/mol. The molecule has 0 N–H and O–H groups in total. The highest BCUT2D eigenvalue weighted by Gasteiger charge is 2.17. The van der Waals surface area contributed by atoms with Crippen molar-refractivity contribution in [3.8, 4) is 33.4 Å². The number of allylic oxidation sites excluding steroid dienone is 1. The molecule has 0 saturated heterocycles. The average Bonchev–Trinajstić information content (AvgIpc) is 3.19. The van der Waals surface area contributed by atoms with Gasteiger partial charge in [-0.15, -0.1) is 0 Å². The standard InChI is InChI=1S/C51H51N/c1-6-13-39(30-38-25-27-52-28-26-38)35(3)29-36(4)40-15-10-16-41(31-40)42-17-11-18-43(32-42)44-19-12-20-45(33-44)46-23-24-50-47(14-7-2)37(5)48-21-8-9-22-49(48)51(50)34-46/h8-12,15-28,31-34,36,39H,3,6-7,13-14,29-30H2,1-2,4-5H3. The molecular weight excluding hydrogens is 627 g/mol. The highest BCUT2D eigenvalue weighted by atomic mass is 14.6. The van der Waals surface area contributed by atoms with Crippen molar-refractivity contribution in [3.05, 3.63) is 174 Å². The molecule has 7 rings (SSSR count). The van der Waals surface area contributed by atoms with Gasteiger partial charge in [0.25, 0.3) is 0 Å². The van der Waals surface area contributed by atoms with Gasteiger partial charge in [-0.05, 0) is 152 Å². The maximum absolute atomic E-state index is 4.62. The van der Waals surface area contributed by atoms with Crippen LogP contribution in [0.1, 0.15) is 74.6 Å². The maximum Gasteiger partial charge on any atom is 0.0270 e. The smallest absolute Gasteiger partial charge is 0.0270 e. The number of aromatic nitrogens is 1. The van der Waals surface area contributed by atoms with Crippen LogP contribution in [-0.2, 0) is 12.8 Å². The van der Waals surface area contributed by atoms with Crippen LogP contribution in [0.3, 0.4) is 0 Å². The number of rotatable bonds is 13. The number of benzene rings is 6. The van der Waals surface area contributed by atoms with Gasteiger partial charge in [0.2, 0.25) is 0 Å². The van der Waals surface area contributed by atoms with E-state index in [9.17, 15) is 0 Å². The van der Waals surface area contributed by atoms with Gasteiger partial charge in [-0.1, -0.05) is 143 Å². The van der Waals surface area contributed by atoms with Crippen molar-refractivity contribution in [1.29, 1.82) is 0 Å². The summed E-state index contributed by atoms with van der Waals surface area (Å²) in [6, 6.07) is 47.5. The second kappa shape index (κ2) is 16.0. The van der Waals surface area contributed by atoms with Gasteiger partial charge in [-0.3, -0.25) is 4.98 Å². The van der Waals surface area contributed by atoms with Crippen LogP contribution < -0.4 is 0 Å². The first-order valence-electron chi connectivity index (χ1n) is 19.2. The molecule has 1 heterocycles. The van der Waals surface area contributed by atoms with Crippen LogP contribution in [0.25, 0.3) is 54.9 Å². The Morgan fingerprint density at radius 2 is 1.19 bits per heavy atom. The molecule has 0 fully saturated rings. The molecule has 1 heteroatoms. The molecular formula is C51H51N. The van der Waals surface area contributed by atoms with Gasteiger partial charge >= 0.3 is 0 Å². The van der Waals surface area contributed by atoms with E-state index in [0.717, 1.165) is 32.1 Å². The summed E-state index contributed by atoms with van der Waals surface area (Å²) in [7, 11) is 0. The zero-order valence-electron chi connectivity index (χ0n) is 31.3. The number of aryl methyl sites for hydroxylation is 2. The number of fused-ring (bicyclic) bond motifs is 3. The molecule has 260 valence electrons. The predicted molar refractivity (Wildman–Crippen MR) is 225 cm³/mol. The maximum atomic E-state index is 4.62. The molecule has 0 radical (unpaired) electrons. The fourth-order valence-corrected chi connectivity index (χ4v) is 8.25. The van der Waals surface area contributed by atoms with Gasteiger partial charge in [0.1, 0.15) is 0 Å². The Bertz CT molecular complexity index is 2330. The van der Waals surface area contributed by atoms with E-state index in [4.69, 9.17) is 0 Å². The summed E-state index contributed by atoms with van der Waals surface area (Å²) in [5.74, 6) is 0.882. The lowest BCUT2D eigenvalue weighted by atomic mass is 9.82. The zero-order valence-corrected chi connectivity index (χ0v) is 31.3. The van der Waals surface area contributed by atoms with E-state index in [1.165, 1.54) is 89.2 Å². The van der Waals surface area contributed by atoms with E-state index < -0.39 is 0 Å². The van der Waals surface area contributed by atoms with Crippen molar-refractivity contribution in [1.82, 2.24) is 4.98 Å². The van der Waals surface area contributed by atoms with Gasteiger partial charge < -0.3 is 0 Å². The minimum atomic E-state index is 0.394. The minimum Gasteiger partial charge on any atom is -0.265 e. The Balaban J connectivity index is 1.14. The number of pyridine rings is 1. The van der Waals surface area contributed by atoms with E-state index in [1.54, 1.807) is 0 Å². The summed E-state index contributed by atoms with van der Waals surface area (Å²) in [5, 5.41) is 5.44. The molecule has 2 atom stereocenters. The van der Waals surface area contributed by atoms with Gasteiger partial charge in [-0.25, -0.2) is 0 Å². The van der Waals surface area contributed by atoms with E-state index in [-0.39, 0.29) is 0 Å². The van der Waals surface area contributed by atoms with Crippen molar-refractivity contribution in [2.45, 2.75) is 72.1 Å². The van der Waals surface area contributed by atoms with Crippen LogP contribution in [0.4, 0.5) is 0 Å². The van der Waals surface area contributed by atoms with Crippen LogP contribution in [-0.4, -0.2) is 4.98 Å². The molecule has 0 aliphatic carbocycles. The van der Waals surface area contributed by atoms with E-state index >= 15 is 0 Å². The molecule has 1 nitrogen and oxygen atoms in total. The first-order valence-corrected chi connectivity index (χ1v) is 19.2. The Hall–Kier alpha value is -5.27. The summed E-state index contributed by atoms with van der Waals surface area (Å²) in [6.45, 7) is 13.8. The lowest BCUT2D eigenvalue weighted by Gasteiger charge is -2.23. The van der Waals surface area contributed by atoms with Crippen LogP contribution >= 0.6 is 0 Å². The summed E-state index contributed by atoms with van der Waals surface area (Å²) >= 11 is 0. The van der Waals surface area contributed by atoms with Crippen LogP contribution in [0.5, 0.6) is 0 Å². The summed E-state index contributed by atoms with van der Waals surface area (Å²) in [5.41, 5.74) is 14.4. The van der Waals surface area contributed by atoms with Crippen molar-refractivity contribution in [2.75, 3.05) is 0 Å². The minimum absolute atomic E-state index is 0.394. The second-order valence-corrected chi connectivity index (χ2v) is 14.8. The largest absolute Gasteiger partial charge is 0.265 e. The molecule has 6 aromatic carbocycles. The fourth-order valence-electron chi connectivity index (χ4n) is 8.25. The lowest BCUT2D eigenvalue weighted by Crippen LogP contribution is -2.10. The van der Waals surface area contributed by atoms with Crippen LogP contribution in [0.15, 0.2) is 152 Å². The molecule has 0 aliphatic rings. The Kier molecular flexibility index (Phi) is 10.8. The van der Waals surface area contributed by atoms with E-state index in [1.807, 2.05) is 12.4 Å². The van der Waals surface area contributed by atoms with Crippen LogP contribution in [0.2, 0.25) is 0 Å². The number of hydrogen-bond donors (Lipinski definition) is 0. The van der Waals surface area contributed by atoms with Gasteiger partial charge in [0, 0.05) is 12.4 Å². The molecule has 0 aliphatic heterocycles.